The molecule has 1 aliphatic carbocycles. The summed E-state index contributed by atoms with van der Waals surface area (Å²) in [6.07, 6.45) is 5.22. The van der Waals surface area contributed by atoms with Crippen molar-refractivity contribution in [3.8, 4) is 0 Å². The van der Waals surface area contributed by atoms with Crippen LogP contribution in [0, 0.1) is 18.8 Å². The first-order valence-corrected chi connectivity index (χ1v) is 7.80. The summed E-state index contributed by atoms with van der Waals surface area (Å²) in [6, 6.07) is 5.35. The Balaban J connectivity index is 1.57. The highest BCUT2D eigenvalue weighted by molar-refractivity contribution is 6.05. The lowest BCUT2D eigenvalue weighted by Gasteiger charge is -2.14. The van der Waals surface area contributed by atoms with Gasteiger partial charge in [-0.1, -0.05) is 18.2 Å². The number of likely N-dealkylation sites (tertiary alicyclic amines) is 1. The van der Waals surface area contributed by atoms with Crippen LogP contribution in [-0.2, 0) is 14.4 Å². The Bertz CT molecular complexity index is 657. The molecule has 1 fully saturated rings. The van der Waals surface area contributed by atoms with E-state index in [0.717, 1.165) is 5.69 Å². The van der Waals surface area contributed by atoms with Gasteiger partial charge in [-0.3, -0.25) is 19.3 Å². The van der Waals surface area contributed by atoms with Crippen molar-refractivity contribution in [1.29, 1.82) is 0 Å². The van der Waals surface area contributed by atoms with E-state index in [4.69, 9.17) is 0 Å². The second kappa shape index (κ2) is 6.32. The molecule has 2 heterocycles. The molecule has 6 heteroatoms. The van der Waals surface area contributed by atoms with Gasteiger partial charge in [-0.05, 0) is 31.9 Å². The Kier molecular flexibility index (Phi) is 4.23. The van der Waals surface area contributed by atoms with E-state index in [1.165, 1.54) is 4.90 Å². The molecule has 0 aromatic carbocycles. The fraction of sp³-hybridized carbons (Fsp3) is 0.412. The second-order valence-corrected chi connectivity index (χ2v) is 5.95. The van der Waals surface area contributed by atoms with Crippen LogP contribution in [0.4, 0.5) is 5.82 Å². The third-order valence-corrected chi connectivity index (χ3v) is 4.32. The van der Waals surface area contributed by atoms with E-state index in [1.54, 1.807) is 6.07 Å². The molecule has 1 aromatic rings. The third-order valence-electron chi connectivity index (χ3n) is 4.32. The zero-order chi connectivity index (χ0) is 16.4. The van der Waals surface area contributed by atoms with Crippen LogP contribution in [0.1, 0.15) is 25.0 Å². The Morgan fingerprint density at radius 1 is 1.22 bits per heavy atom. The van der Waals surface area contributed by atoms with Crippen molar-refractivity contribution in [3.05, 3.63) is 36.0 Å². The number of allylic oxidation sites excluding steroid dienone is 2. The summed E-state index contributed by atoms with van der Waals surface area (Å²) >= 11 is 0. The minimum absolute atomic E-state index is 0.0833. The van der Waals surface area contributed by atoms with Gasteiger partial charge in [0.1, 0.15) is 5.82 Å². The lowest BCUT2D eigenvalue weighted by molar-refractivity contribution is -0.140. The highest BCUT2D eigenvalue weighted by Crippen LogP contribution is 2.34. The SMILES string of the molecule is Cc1cccc(NC(=O)CCN2C(=O)[C@H]3CC=CC[C@@H]3C2=O)n1. The third kappa shape index (κ3) is 3.16. The molecule has 120 valence electrons. The van der Waals surface area contributed by atoms with E-state index in [9.17, 15) is 14.4 Å². The number of amides is 3. The zero-order valence-corrected chi connectivity index (χ0v) is 13.0. The number of carbonyl (C=O) groups is 3. The summed E-state index contributed by atoms with van der Waals surface area (Å²) in [5.41, 5.74) is 0.810. The molecule has 1 aliphatic heterocycles. The maximum absolute atomic E-state index is 12.3. The monoisotopic (exact) mass is 313 g/mol. The molecule has 23 heavy (non-hydrogen) atoms. The van der Waals surface area contributed by atoms with Gasteiger partial charge in [-0.15, -0.1) is 0 Å². The van der Waals surface area contributed by atoms with Crippen molar-refractivity contribution in [2.75, 3.05) is 11.9 Å². The van der Waals surface area contributed by atoms with Crippen molar-refractivity contribution in [2.45, 2.75) is 26.2 Å². The van der Waals surface area contributed by atoms with Crippen LogP contribution < -0.4 is 5.32 Å². The van der Waals surface area contributed by atoms with E-state index in [0.29, 0.717) is 18.7 Å². The molecule has 2 atom stereocenters. The number of nitrogens with one attached hydrogen (secondary N) is 1. The number of hydrogen-bond acceptors (Lipinski definition) is 4. The number of hydrogen-bond donors (Lipinski definition) is 1. The van der Waals surface area contributed by atoms with Crippen LogP contribution in [0.25, 0.3) is 0 Å². The van der Waals surface area contributed by atoms with Crippen LogP contribution in [0.2, 0.25) is 0 Å². The molecular formula is C17H19N3O3. The molecule has 1 N–H and O–H groups in total. The molecule has 6 nitrogen and oxygen atoms in total. The van der Waals surface area contributed by atoms with Gasteiger partial charge < -0.3 is 5.32 Å². The number of carbonyl (C=O) groups excluding carboxylic acids is 3. The quantitative estimate of drug-likeness (QED) is 0.677. The molecule has 0 radical (unpaired) electrons. The zero-order valence-electron chi connectivity index (χ0n) is 13.0. The molecule has 1 aromatic heterocycles. The van der Waals surface area contributed by atoms with E-state index in [-0.39, 0.29) is 42.5 Å². The van der Waals surface area contributed by atoms with E-state index in [2.05, 4.69) is 10.3 Å². The van der Waals surface area contributed by atoms with Gasteiger partial charge in [0, 0.05) is 18.7 Å². The Morgan fingerprint density at radius 3 is 2.48 bits per heavy atom. The number of imide groups is 1. The summed E-state index contributed by atoms with van der Waals surface area (Å²) in [6.45, 7) is 1.97. The number of pyridine rings is 1. The fourth-order valence-corrected chi connectivity index (χ4v) is 3.12. The molecule has 0 unspecified atom stereocenters. The van der Waals surface area contributed by atoms with Gasteiger partial charge in [-0.2, -0.15) is 0 Å². The predicted octanol–water partition coefficient (Wildman–Crippen LogP) is 1.67. The molecule has 3 rings (SSSR count). The maximum Gasteiger partial charge on any atom is 0.233 e. The first-order valence-electron chi connectivity index (χ1n) is 7.80. The Hall–Kier alpha value is -2.50. The normalized spacial score (nSPS) is 23.1. The summed E-state index contributed by atoms with van der Waals surface area (Å²) in [5.74, 6) is -0.552. The first kappa shape index (κ1) is 15.4. The van der Waals surface area contributed by atoms with Gasteiger partial charge >= 0.3 is 0 Å². The topological polar surface area (TPSA) is 79.4 Å². The Labute approximate surface area is 134 Å². The maximum atomic E-state index is 12.3. The summed E-state index contributed by atoms with van der Waals surface area (Å²) in [5, 5.41) is 2.69. The summed E-state index contributed by atoms with van der Waals surface area (Å²) < 4.78 is 0. The molecule has 0 bridgehead atoms. The van der Waals surface area contributed by atoms with Crippen LogP contribution >= 0.6 is 0 Å². The van der Waals surface area contributed by atoms with E-state index in [1.807, 2.05) is 31.2 Å². The number of aromatic nitrogens is 1. The van der Waals surface area contributed by atoms with Gasteiger partial charge in [0.05, 0.1) is 11.8 Å². The van der Waals surface area contributed by atoms with Crippen molar-refractivity contribution < 1.29 is 14.4 Å². The fourth-order valence-electron chi connectivity index (χ4n) is 3.12. The average Bonchev–Trinajstić information content (AvgIpc) is 2.77. The molecule has 0 spiro atoms. The highest BCUT2D eigenvalue weighted by atomic mass is 16.2. The largest absolute Gasteiger partial charge is 0.311 e. The number of rotatable bonds is 4. The first-order chi connectivity index (χ1) is 11.1. The minimum Gasteiger partial charge on any atom is -0.311 e. The van der Waals surface area contributed by atoms with Gasteiger partial charge in [0.2, 0.25) is 17.7 Å². The van der Waals surface area contributed by atoms with Crippen LogP contribution in [-0.4, -0.2) is 34.2 Å². The molecule has 2 aliphatic rings. The van der Waals surface area contributed by atoms with Crippen LogP contribution in [0.5, 0.6) is 0 Å². The highest BCUT2D eigenvalue weighted by Gasteiger charge is 2.46. The molecule has 1 saturated heterocycles. The van der Waals surface area contributed by atoms with Crippen molar-refractivity contribution in [2.24, 2.45) is 11.8 Å². The minimum atomic E-state index is -0.253. The van der Waals surface area contributed by atoms with Crippen LogP contribution in [0.3, 0.4) is 0 Å². The average molecular weight is 313 g/mol. The van der Waals surface area contributed by atoms with Crippen molar-refractivity contribution in [1.82, 2.24) is 9.88 Å². The van der Waals surface area contributed by atoms with Gasteiger partial charge in [0.15, 0.2) is 0 Å². The lowest BCUT2D eigenvalue weighted by Crippen LogP contribution is -2.34. The number of anilines is 1. The van der Waals surface area contributed by atoms with Crippen molar-refractivity contribution in [3.63, 3.8) is 0 Å². The number of nitrogens with zero attached hydrogens (tertiary/aromatic N) is 2. The standard InChI is InChI=1S/C17H19N3O3/c1-11-5-4-8-14(18-11)19-15(21)9-10-20-16(22)12-6-2-3-7-13(12)17(20)23/h2-5,8,12-13H,6-7,9-10H2,1H3,(H,18,19,21)/t12-,13-/m0/s1. The smallest absolute Gasteiger partial charge is 0.233 e. The number of aryl methyl sites for hydroxylation is 1. The van der Waals surface area contributed by atoms with E-state index < -0.39 is 0 Å². The predicted molar refractivity (Wildman–Crippen MR) is 84.3 cm³/mol. The lowest BCUT2D eigenvalue weighted by atomic mass is 9.85. The molecular weight excluding hydrogens is 294 g/mol. The summed E-state index contributed by atoms with van der Waals surface area (Å²) in [7, 11) is 0. The Morgan fingerprint density at radius 2 is 1.87 bits per heavy atom. The van der Waals surface area contributed by atoms with E-state index >= 15 is 0 Å². The van der Waals surface area contributed by atoms with Gasteiger partial charge in [0.25, 0.3) is 0 Å². The molecule has 0 saturated carbocycles. The molecule has 3 amide bonds. The van der Waals surface area contributed by atoms with Crippen LogP contribution in [0.15, 0.2) is 30.4 Å². The number of fused-ring (bicyclic) bond motifs is 1. The second-order valence-electron chi connectivity index (χ2n) is 5.95. The summed E-state index contributed by atoms with van der Waals surface area (Å²) in [4.78, 5) is 42.0. The van der Waals surface area contributed by atoms with Crippen molar-refractivity contribution >= 4 is 23.5 Å². The van der Waals surface area contributed by atoms with Gasteiger partial charge in [-0.25, -0.2) is 4.98 Å².